The van der Waals surface area contributed by atoms with Gasteiger partial charge in [-0.3, -0.25) is 0 Å². The molecule has 0 aromatic heterocycles. The number of nitrogens with zero attached hydrogens (tertiary/aromatic N) is 1. The quantitative estimate of drug-likeness (QED) is 0.636. The van der Waals surface area contributed by atoms with E-state index >= 15 is 0 Å². The molecule has 0 radical (unpaired) electrons. The minimum absolute atomic E-state index is 0.0533. The smallest absolute Gasteiger partial charge is 0.216 e. The number of rotatable bonds is 4. The van der Waals surface area contributed by atoms with Gasteiger partial charge in [0.25, 0.3) is 0 Å². The fraction of sp³-hybridized carbons (Fsp3) is 0.0625. The third kappa shape index (κ3) is 3.45. The molecule has 124 valence electrons. The number of benzene rings is 2. The van der Waals surface area contributed by atoms with Gasteiger partial charge in [0.2, 0.25) is 15.6 Å². The Bertz CT molecular complexity index is 944. The average Bonchev–Trinajstić information content (AvgIpc) is 2.55. The highest BCUT2D eigenvalue weighted by molar-refractivity contribution is 7.95. The van der Waals surface area contributed by atoms with Crippen LogP contribution in [0.3, 0.4) is 0 Å². The van der Waals surface area contributed by atoms with Crippen LogP contribution in [0.25, 0.3) is 6.08 Å². The van der Waals surface area contributed by atoms with Crippen LogP contribution < -0.4 is 4.74 Å². The third-order valence-electron chi connectivity index (χ3n) is 3.12. The van der Waals surface area contributed by atoms with Crippen LogP contribution in [0.2, 0.25) is 5.02 Å². The predicted octanol–water partition coefficient (Wildman–Crippen LogP) is 3.10. The monoisotopic (exact) mass is 365 g/mol. The zero-order valence-electron chi connectivity index (χ0n) is 12.4. The maximum atomic E-state index is 12.5. The van der Waals surface area contributed by atoms with Crippen LogP contribution in [0.5, 0.6) is 17.2 Å². The Morgan fingerprint density at radius 1 is 1.25 bits per heavy atom. The predicted molar refractivity (Wildman–Crippen MR) is 88.6 cm³/mol. The van der Waals surface area contributed by atoms with E-state index < -0.39 is 26.2 Å². The number of ether oxygens (including phenoxy) is 1. The van der Waals surface area contributed by atoms with Crippen LogP contribution in [0.15, 0.2) is 46.2 Å². The molecule has 24 heavy (non-hydrogen) atoms. The van der Waals surface area contributed by atoms with Crippen molar-refractivity contribution in [2.24, 2.45) is 0 Å². The van der Waals surface area contributed by atoms with Gasteiger partial charge in [0.05, 0.1) is 12.0 Å². The van der Waals surface area contributed by atoms with Crippen LogP contribution in [0.1, 0.15) is 5.56 Å². The molecule has 0 saturated heterocycles. The Morgan fingerprint density at radius 3 is 2.42 bits per heavy atom. The van der Waals surface area contributed by atoms with Crippen molar-refractivity contribution < 1.29 is 23.4 Å². The van der Waals surface area contributed by atoms with Gasteiger partial charge in [-0.05, 0) is 48.0 Å². The average molecular weight is 366 g/mol. The number of hydrogen-bond acceptors (Lipinski definition) is 6. The lowest BCUT2D eigenvalue weighted by atomic mass is 10.1. The zero-order valence-corrected chi connectivity index (χ0v) is 14.0. The van der Waals surface area contributed by atoms with E-state index in [9.17, 15) is 23.9 Å². The highest BCUT2D eigenvalue weighted by Crippen LogP contribution is 2.37. The summed E-state index contributed by atoms with van der Waals surface area (Å²) in [4.78, 5) is -0.619. The lowest BCUT2D eigenvalue weighted by Crippen LogP contribution is -2.03. The summed E-state index contributed by atoms with van der Waals surface area (Å²) >= 11 is 5.73. The SMILES string of the molecule is COc1cc(/C=C(\C#N)S(=O)(=O)c2ccc(Cl)cc2)cc(O)c1O. The molecule has 0 saturated carbocycles. The van der Waals surface area contributed by atoms with Crippen LogP contribution in [-0.2, 0) is 9.84 Å². The van der Waals surface area contributed by atoms with Crippen molar-refractivity contribution in [2.45, 2.75) is 4.90 Å². The van der Waals surface area contributed by atoms with Gasteiger partial charge >= 0.3 is 0 Å². The summed E-state index contributed by atoms with van der Waals surface area (Å²) < 4.78 is 29.9. The van der Waals surface area contributed by atoms with E-state index in [-0.39, 0.29) is 16.2 Å². The maximum Gasteiger partial charge on any atom is 0.216 e. The summed E-state index contributed by atoms with van der Waals surface area (Å²) in [5.74, 6) is -1.03. The second-order valence-electron chi connectivity index (χ2n) is 4.67. The first-order valence-electron chi connectivity index (χ1n) is 6.52. The van der Waals surface area contributed by atoms with Gasteiger partial charge in [0, 0.05) is 5.02 Å². The van der Waals surface area contributed by atoms with Gasteiger partial charge in [-0.1, -0.05) is 11.6 Å². The molecule has 0 heterocycles. The molecule has 2 aromatic carbocycles. The third-order valence-corrected chi connectivity index (χ3v) is 5.05. The molecule has 0 aliphatic rings. The molecule has 2 N–H and O–H groups in total. The van der Waals surface area contributed by atoms with Crippen molar-refractivity contribution in [1.82, 2.24) is 0 Å². The molecule has 0 fully saturated rings. The zero-order chi connectivity index (χ0) is 17.9. The Kier molecular flexibility index (Phi) is 5.02. The van der Waals surface area contributed by atoms with Crippen LogP contribution in [0.4, 0.5) is 0 Å². The summed E-state index contributed by atoms with van der Waals surface area (Å²) in [5, 5.41) is 28.8. The molecule has 0 bridgehead atoms. The van der Waals surface area contributed by atoms with Crippen LogP contribution >= 0.6 is 11.6 Å². The highest BCUT2D eigenvalue weighted by atomic mass is 35.5. The van der Waals surface area contributed by atoms with Crippen LogP contribution in [-0.4, -0.2) is 25.7 Å². The summed E-state index contributed by atoms with van der Waals surface area (Å²) in [6, 6.07) is 9.43. The molecular weight excluding hydrogens is 354 g/mol. The molecule has 2 aromatic rings. The Labute approximate surface area is 143 Å². The van der Waals surface area contributed by atoms with Gasteiger partial charge in [0.15, 0.2) is 11.5 Å². The lowest BCUT2D eigenvalue weighted by Gasteiger charge is -2.07. The molecular formula is C16H12ClNO5S. The topological polar surface area (TPSA) is 108 Å². The lowest BCUT2D eigenvalue weighted by molar-refractivity contribution is 0.351. The Hall–Kier alpha value is -2.69. The number of nitriles is 1. The van der Waals surface area contributed by atoms with Crippen molar-refractivity contribution >= 4 is 27.5 Å². The van der Waals surface area contributed by atoms with E-state index in [1.165, 1.54) is 37.4 Å². The van der Waals surface area contributed by atoms with E-state index in [1.807, 2.05) is 0 Å². The van der Waals surface area contributed by atoms with Crippen molar-refractivity contribution in [3.63, 3.8) is 0 Å². The number of allylic oxidation sites excluding steroid dienone is 1. The molecule has 2 rings (SSSR count). The number of phenolic OH excluding ortho intramolecular Hbond substituents is 2. The summed E-state index contributed by atoms with van der Waals surface area (Å²) in [6.07, 6.45) is 1.08. The standard InChI is InChI=1S/C16H12ClNO5S/c1-23-15-8-10(7-14(19)16(15)20)6-13(9-18)24(21,22)12-4-2-11(17)3-5-12/h2-8,19-20H,1H3/b13-6+. The van der Waals surface area contributed by atoms with E-state index in [1.54, 1.807) is 6.07 Å². The maximum absolute atomic E-state index is 12.5. The summed E-state index contributed by atoms with van der Waals surface area (Å²) in [5.41, 5.74) is 0.177. The number of aromatic hydroxyl groups is 2. The Morgan fingerprint density at radius 2 is 1.88 bits per heavy atom. The second kappa shape index (κ2) is 6.83. The minimum atomic E-state index is -4.05. The van der Waals surface area contributed by atoms with Gasteiger partial charge in [0.1, 0.15) is 11.0 Å². The van der Waals surface area contributed by atoms with Gasteiger partial charge in [-0.15, -0.1) is 0 Å². The van der Waals surface area contributed by atoms with Crippen molar-refractivity contribution in [2.75, 3.05) is 7.11 Å². The van der Waals surface area contributed by atoms with E-state index in [0.29, 0.717) is 5.02 Å². The first-order valence-corrected chi connectivity index (χ1v) is 8.38. The molecule has 0 aliphatic heterocycles. The van der Waals surface area contributed by atoms with Crippen molar-refractivity contribution in [3.8, 4) is 23.3 Å². The molecule has 0 unspecified atom stereocenters. The number of sulfone groups is 1. The summed E-state index contributed by atoms with van der Waals surface area (Å²) in [6.45, 7) is 0. The number of phenols is 2. The van der Waals surface area contributed by atoms with E-state index in [0.717, 1.165) is 12.1 Å². The fourth-order valence-corrected chi connectivity index (χ4v) is 3.20. The van der Waals surface area contributed by atoms with E-state index in [2.05, 4.69) is 0 Å². The molecule has 0 amide bonds. The number of methoxy groups -OCH3 is 1. The normalized spacial score (nSPS) is 11.8. The van der Waals surface area contributed by atoms with Gasteiger partial charge in [-0.25, -0.2) is 8.42 Å². The van der Waals surface area contributed by atoms with Crippen molar-refractivity contribution in [1.29, 1.82) is 5.26 Å². The molecule has 8 heteroatoms. The highest BCUT2D eigenvalue weighted by Gasteiger charge is 2.21. The molecule has 0 atom stereocenters. The van der Waals surface area contributed by atoms with E-state index in [4.69, 9.17) is 16.3 Å². The number of halogens is 1. The largest absolute Gasteiger partial charge is 0.504 e. The molecule has 0 spiro atoms. The summed E-state index contributed by atoms with van der Waals surface area (Å²) in [7, 11) is -2.78. The minimum Gasteiger partial charge on any atom is -0.504 e. The molecule has 6 nitrogen and oxygen atoms in total. The van der Waals surface area contributed by atoms with Gasteiger partial charge < -0.3 is 14.9 Å². The first-order chi connectivity index (χ1) is 11.3. The number of hydrogen-bond donors (Lipinski definition) is 2. The first kappa shape index (κ1) is 17.7. The van der Waals surface area contributed by atoms with Gasteiger partial charge in [-0.2, -0.15) is 5.26 Å². The second-order valence-corrected chi connectivity index (χ2v) is 7.02. The van der Waals surface area contributed by atoms with Crippen molar-refractivity contribution in [3.05, 3.63) is 51.9 Å². The van der Waals surface area contributed by atoms with Crippen LogP contribution in [0, 0.1) is 11.3 Å². The fourth-order valence-electron chi connectivity index (χ4n) is 1.91. The Balaban J connectivity index is 2.56. The molecule has 0 aliphatic carbocycles.